The van der Waals surface area contributed by atoms with E-state index < -0.39 is 5.97 Å². The second kappa shape index (κ2) is 5.91. The Bertz CT molecular complexity index is 663. The second-order valence-corrected chi connectivity index (χ2v) is 5.14. The smallest absolute Gasteiger partial charge is 0.357 e. The number of pyridine rings is 1. The van der Waals surface area contributed by atoms with Crippen molar-refractivity contribution in [1.82, 2.24) is 9.88 Å². The summed E-state index contributed by atoms with van der Waals surface area (Å²) in [5.74, 6) is -0.398. The number of para-hydroxylation sites is 1. The number of carbonyl (C=O) groups excluding carboxylic acids is 2. The molecule has 0 unspecified atom stereocenters. The standard InChI is InChI=1S/C16H16N2O3/c19-11-18-9-7-13(8-10-18)21-16(20)15-6-5-12-3-1-2-4-14(12)17-15/h1-6,11,13H,7-10H2. The van der Waals surface area contributed by atoms with Crippen molar-refractivity contribution in [3.63, 3.8) is 0 Å². The van der Waals surface area contributed by atoms with E-state index in [0.717, 1.165) is 17.3 Å². The monoisotopic (exact) mass is 284 g/mol. The third-order valence-electron chi connectivity index (χ3n) is 3.71. The first-order valence-electron chi connectivity index (χ1n) is 7.02. The number of hydrogen-bond acceptors (Lipinski definition) is 4. The van der Waals surface area contributed by atoms with Crippen LogP contribution in [0, 0.1) is 0 Å². The SMILES string of the molecule is O=CN1CCC(OC(=O)c2ccc3ccccc3n2)CC1. The van der Waals surface area contributed by atoms with Crippen molar-refractivity contribution in [2.45, 2.75) is 18.9 Å². The van der Waals surface area contributed by atoms with Gasteiger partial charge in [0, 0.05) is 31.3 Å². The van der Waals surface area contributed by atoms with Gasteiger partial charge in [-0.1, -0.05) is 24.3 Å². The molecule has 1 amide bonds. The minimum atomic E-state index is -0.398. The van der Waals surface area contributed by atoms with Crippen LogP contribution in [0.2, 0.25) is 0 Å². The van der Waals surface area contributed by atoms with E-state index in [4.69, 9.17) is 4.74 Å². The zero-order valence-corrected chi connectivity index (χ0v) is 11.6. The Morgan fingerprint density at radius 2 is 1.95 bits per heavy atom. The lowest BCUT2D eigenvalue weighted by atomic mass is 10.1. The molecule has 1 saturated heterocycles. The lowest BCUT2D eigenvalue weighted by Crippen LogP contribution is -2.37. The number of amides is 1. The Kier molecular flexibility index (Phi) is 3.81. The lowest BCUT2D eigenvalue weighted by Gasteiger charge is -2.28. The van der Waals surface area contributed by atoms with Crippen LogP contribution in [0.15, 0.2) is 36.4 Å². The Morgan fingerprint density at radius 1 is 1.19 bits per heavy atom. The van der Waals surface area contributed by atoms with Gasteiger partial charge in [0.2, 0.25) is 6.41 Å². The maximum Gasteiger partial charge on any atom is 0.357 e. The number of piperidine rings is 1. The molecule has 0 radical (unpaired) electrons. The first-order valence-corrected chi connectivity index (χ1v) is 7.02. The normalized spacial score (nSPS) is 15.9. The maximum absolute atomic E-state index is 12.1. The molecule has 1 aromatic heterocycles. The van der Waals surface area contributed by atoms with Crippen molar-refractivity contribution < 1.29 is 14.3 Å². The van der Waals surface area contributed by atoms with E-state index in [2.05, 4.69) is 4.98 Å². The van der Waals surface area contributed by atoms with Crippen molar-refractivity contribution >= 4 is 23.3 Å². The Labute approximate surface area is 122 Å². The molecule has 108 valence electrons. The van der Waals surface area contributed by atoms with Gasteiger partial charge in [-0.2, -0.15) is 0 Å². The van der Waals surface area contributed by atoms with E-state index in [9.17, 15) is 9.59 Å². The Morgan fingerprint density at radius 3 is 2.71 bits per heavy atom. The molecule has 0 spiro atoms. The summed E-state index contributed by atoms with van der Waals surface area (Å²) in [4.78, 5) is 28.8. The van der Waals surface area contributed by atoms with Gasteiger partial charge in [0.15, 0.2) is 0 Å². The van der Waals surface area contributed by atoms with Crippen molar-refractivity contribution in [1.29, 1.82) is 0 Å². The van der Waals surface area contributed by atoms with E-state index >= 15 is 0 Å². The maximum atomic E-state index is 12.1. The summed E-state index contributed by atoms with van der Waals surface area (Å²) in [5, 5.41) is 0.994. The molecule has 1 aliphatic rings. The molecular weight excluding hydrogens is 268 g/mol. The number of ether oxygens (including phenoxy) is 1. The highest BCUT2D eigenvalue weighted by atomic mass is 16.5. The van der Waals surface area contributed by atoms with Gasteiger partial charge in [-0.3, -0.25) is 4.79 Å². The largest absolute Gasteiger partial charge is 0.458 e. The van der Waals surface area contributed by atoms with Gasteiger partial charge in [-0.15, -0.1) is 0 Å². The number of likely N-dealkylation sites (tertiary alicyclic amines) is 1. The van der Waals surface area contributed by atoms with Crippen LogP contribution in [-0.4, -0.2) is 41.5 Å². The second-order valence-electron chi connectivity index (χ2n) is 5.14. The Hall–Kier alpha value is -2.43. The number of carbonyl (C=O) groups is 2. The third kappa shape index (κ3) is 3.02. The van der Waals surface area contributed by atoms with E-state index in [1.165, 1.54) is 0 Å². The summed E-state index contributed by atoms with van der Waals surface area (Å²) < 4.78 is 5.48. The van der Waals surface area contributed by atoms with Crippen LogP contribution in [0.5, 0.6) is 0 Å². The number of nitrogens with zero attached hydrogens (tertiary/aromatic N) is 2. The van der Waals surface area contributed by atoms with Gasteiger partial charge in [-0.05, 0) is 12.1 Å². The first kappa shape index (κ1) is 13.5. The average Bonchev–Trinajstić information content (AvgIpc) is 2.55. The van der Waals surface area contributed by atoms with Crippen LogP contribution in [0.3, 0.4) is 0 Å². The molecule has 0 N–H and O–H groups in total. The molecule has 5 nitrogen and oxygen atoms in total. The van der Waals surface area contributed by atoms with E-state index in [1.54, 1.807) is 11.0 Å². The minimum Gasteiger partial charge on any atom is -0.458 e. The highest BCUT2D eigenvalue weighted by molar-refractivity contribution is 5.91. The van der Waals surface area contributed by atoms with Crippen LogP contribution in [0.1, 0.15) is 23.3 Å². The fraction of sp³-hybridized carbons (Fsp3) is 0.312. The summed E-state index contributed by atoms with van der Waals surface area (Å²) in [6.07, 6.45) is 2.06. The summed E-state index contributed by atoms with van der Waals surface area (Å²) >= 11 is 0. The number of esters is 1. The summed E-state index contributed by atoms with van der Waals surface area (Å²) in [6, 6.07) is 11.2. The van der Waals surface area contributed by atoms with Crippen molar-refractivity contribution in [3.8, 4) is 0 Å². The number of rotatable bonds is 3. The van der Waals surface area contributed by atoms with Crippen LogP contribution < -0.4 is 0 Å². The first-order chi connectivity index (χ1) is 10.3. The topological polar surface area (TPSA) is 59.5 Å². The molecule has 1 aromatic carbocycles. The molecule has 1 fully saturated rings. The molecule has 21 heavy (non-hydrogen) atoms. The van der Waals surface area contributed by atoms with Gasteiger partial charge in [0.05, 0.1) is 5.52 Å². The fourth-order valence-corrected chi connectivity index (χ4v) is 2.49. The minimum absolute atomic E-state index is 0.137. The zero-order chi connectivity index (χ0) is 14.7. The predicted molar refractivity (Wildman–Crippen MR) is 77.8 cm³/mol. The molecule has 2 heterocycles. The molecule has 0 atom stereocenters. The molecule has 0 saturated carbocycles. The van der Waals surface area contributed by atoms with Gasteiger partial charge < -0.3 is 9.64 Å². The van der Waals surface area contributed by atoms with Crippen LogP contribution in [-0.2, 0) is 9.53 Å². The Balaban J connectivity index is 1.68. The number of fused-ring (bicyclic) bond motifs is 1. The van der Waals surface area contributed by atoms with E-state index in [-0.39, 0.29) is 6.10 Å². The molecule has 3 rings (SSSR count). The highest BCUT2D eigenvalue weighted by Gasteiger charge is 2.22. The van der Waals surface area contributed by atoms with Crippen LogP contribution in [0.4, 0.5) is 0 Å². The number of benzene rings is 1. The van der Waals surface area contributed by atoms with Crippen LogP contribution >= 0.6 is 0 Å². The van der Waals surface area contributed by atoms with Crippen molar-refractivity contribution in [2.24, 2.45) is 0 Å². The molecule has 0 bridgehead atoms. The van der Waals surface area contributed by atoms with E-state index in [1.807, 2.05) is 30.3 Å². The quantitative estimate of drug-likeness (QED) is 0.639. The number of hydrogen-bond donors (Lipinski definition) is 0. The third-order valence-corrected chi connectivity index (χ3v) is 3.71. The van der Waals surface area contributed by atoms with Crippen molar-refractivity contribution in [2.75, 3.05) is 13.1 Å². The fourth-order valence-electron chi connectivity index (χ4n) is 2.49. The van der Waals surface area contributed by atoms with Crippen molar-refractivity contribution in [3.05, 3.63) is 42.1 Å². The zero-order valence-electron chi connectivity index (χ0n) is 11.6. The van der Waals surface area contributed by atoms with Gasteiger partial charge in [0.1, 0.15) is 11.8 Å². The highest BCUT2D eigenvalue weighted by Crippen LogP contribution is 2.16. The summed E-state index contributed by atoms with van der Waals surface area (Å²) in [6.45, 7) is 1.26. The van der Waals surface area contributed by atoms with Gasteiger partial charge >= 0.3 is 5.97 Å². The van der Waals surface area contributed by atoms with Gasteiger partial charge in [0.25, 0.3) is 0 Å². The van der Waals surface area contributed by atoms with Crippen LogP contribution in [0.25, 0.3) is 10.9 Å². The van der Waals surface area contributed by atoms with E-state index in [0.29, 0.717) is 31.6 Å². The summed E-state index contributed by atoms with van der Waals surface area (Å²) in [7, 11) is 0. The molecule has 5 heteroatoms. The predicted octanol–water partition coefficient (Wildman–Crippen LogP) is 2.01. The molecule has 2 aromatic rings. The number of aromatic nitrogens is 1. The lowest BCUT2D eigenvalue weighted by molar-refractivity contribution is -0.120. The molecular formula is C16H16N2O3. The molecule has 1 aliphatic heterocycles. The molecule has 0 aliphatic carbocycles. The summed E-state index contributed by atoms with van der Waals surface area (Å²) in [5.41, 5.74) is 1.11. The average molecular weight is 284 g/mol. The van der Waals surface area contributed by atoms with Gasteiger partial charge in [-0.25, -0.2) is 9.78 Å².